The van der Waals surface area contributed by atoms with Crippen molar-refractivity contribution >= 4 is 11.7 Å². The molecule has 0 radical (unpaired) electrons. The molecular formula is C17H22N4O3. The maximum atomic E-state index is 12.1. The molecule has 0 unspecified atom stereocenters. The van der Waals surface area contributed by atoms with Crippen LogP contribution in [0.15, 0.2) is 12.3 Å². The highest BCUT2D eigenvalue weighted by molar-refractivity contribution is 5.75. The van der Waals surface area contributed by atoms with E-state index in [-0.39, 0.29) is 18.3 Å². The van der Waals surface area contributed by atoms with Gasteiger partial charge in [0.25, 0.3) is 0 Å². The molecule has 0 atom stereocenters. The minimum Gasteiger partial charge on any atom is -0.358 e. The largest absolute Gasteiger partial charge is 0.389 e. The third kappa shape index (κ3) is 3.45. The third-order valence-corrected chi connectivity index (χ3v) is 4.74. The zero-order valence-electron chi connectivity index (χ0n) is 14.6. The van der Waals surface area contributed by atoms with Gasteiger partial charge in [0.1, 0.15) is 6.54 Å². The van der Waals surface area contributed by atoms with Gasteiger partial charge in [-0.05, 0) is 72.9 Å². The van der Waals surface area contributed by atoms with Gasteiger partial charge in [-0.25, -0.2) is 0 Å². The SMILES string of the molecule is Cc1c(C)c(C)c(CNC(=O)Cn2ccc([N+](=O)[O-])n2)c(C)c1C. The standard InChI is InChI=1S/C17H22N4O3/c1-10-11(2)13(4)15(14(5)12(10)3)8-18-17(22)9-20-7-6-16(19-20)21(23)24/h6-7H,8-9H2,1-5H3,(H,18,22). The number of carbonyl (C=O) groups excluding carboxylic acids is 1. The second-order valence-electron chi connectivity index (χ2n) is 6.01. The van der Waals surface area contributed by atoms with Gasteiger partial charge in [0, 0.05) is 6.54 Å². The zero-order chi connectivity index (χ0) is 18.0. The van der Waals surface area contributed by atoms with Gasteiger partial charge in [0.05, 0.1) is 17.4 Å². The van der Waals surface area contributed by atoms with Gasteiger partial charge in [-0.2, -0.15) is 4.68 Å². The molecule has 0 aliphatic rings. The molecule has 1 aromatic heterocycles. The van der Waals surface area contributed by atoms with Gasteiger partial charge in [-0.1, -0.05) is 0 Å². The van der Waals surface area contributed by atoms with Crippen LogP contribution in [0.2, 0.25) is 0 Å². The van der Waals surface area contributed by atoms with Crippen LogP contribution in [0.3, 0.4) is 0 Å². The number of nitrogens with one attached hydrogen (secondary N) is 1. The second-order valence-corrected chi connectivity index (χ2v) is 6.01. The third-order valence-electron chi connectivity index (χ3n) is 4.74. The van der Waals surface area contributed by atoms with E-state index in [9.17, 15) is 14.9 Å². The summed E-state index contributed by atoms with van der Waals surface area (Å²) in [6.45, 7) is 10.8. The molecule has 1 amide bonds. The minimum absolute atomic E-state index is 0.0459. The molecule has 1 heterocycles. The van der Waals surface area contributed by atoms with Crippen LogP contribution in [0.5, 0.6) is 0 Å². The highest BCUT2D eigenvalue weighted by Crippen LogP contribution is 2.25. The summed E-state index contributed by atoms with van der Waals surface area (Å²) in [4.78, 5) is 22.1. The van der Waals surface area contributed by atoms with Gasteiger partial charge < -0.3 is 15.4 Å². The quantitative estimate of drug-likeness (QED) is 0.674. The van der Waals surface area contributed by atoms with Crippen molar-refractivity contribution in [1.29, 1.82) is 0 Å². The lowest BCUT2D eigenvalue weighted by Crippen LogP contribution is -2.28. The van der Waals surface area contributed by atoms with E-state index in [1.165, 1.54) is 44.8 Å². The van der Waals surface area contributed by atoms with Crippen LogP contribution in [-0.2, 0) is 17.9 Å². The van der Waals surface area contributed by atoms with Crippen molar-refractivity contribution in [3.8, 4) is 0 Å². The molecule has 2 rings (SSSR count). The summed E-state index contributed by atoms with van der Waals surface area (Å²) in [6, 6.07) is 1.27. The van der Waals surface area contributed by atoms with Gasteiger partial charge in [-0.15, -0.1) is 0 Å². The predicted octanol–water partition coefficient (Wildman–Crippen LogP) is 2.65. The fourth-order valence-corrected chi connectivity index (χ4v) is 2.77. The average Bonchev–Trinajstić information content (AvgIpc) is 2.99. The molecule has 24 heavy (non-hydrogen) atoms. The first-order valence-corrected chi connectivity index (χ1v) is 7.72. The summed E-state index contributed by atoms with van der Waals surface area (Å²) in [7, 11) is 0. The normalized spacial score (nSPS) is 10.7. The summed E-state index contributed by atoms with van der Waals surface area (Å²) >= 11 is 0. The number of benzene rings is 1. The Labute approximate surface area is 140 Å². The molecule has 0 bridgehead atoms. The minimum atomic E-state index is -0.584. The van der Waals surface area contributed by atoms with Crippen LogP contribution >= 0.6 is 0 Å². The van der Waals surface area contributed by atoms with Crippen LogP contribution in [0.25, 0.3) is 0 Å². The monoisotopic (exact) mass is 330 g/mol. The van der Waals surface area contributed by atoms with E-state index in [1.807, 2.05) is 0 Å². The van der Waals surface area contributed by atoms with Crippen LogP contribution in [0.1, 0.15) is 33.4 Å². The van der Waals surface area contributed by atoms with E-state index >= 15 is 0 Å². The number of carbonyl (C=O) groups is 1. The van der Waals surface area contributed by atoms with E-state index < -0.39 is 4.92 Å². The molecule has 128 valence electrons. The predicted molar refractivity (Wildman–Crippen MR) is 90.9 cm³/mol. The zero-order valence-corrected chi connectivity index (χ0v) is 14.6. The molecule has 1 N–H and O–H groups in total. The van der Waals surface area contributed by atoms with Crippen LogP contribution < -0.4 is 5.32 Å². The van der Waals surface area contributed by atoms with Crippen molar-refractivity contribution in [1.82, 2.24) is 15.1 Å². The van der Waals surface area contributed by atoms with Crippen molar-refractivity contribution in [2.75, 3.05) is 0 Å². The van der Waals surface area contributed by atoms with Crippen molar-refractivity contribution in [3.05, 3.63) is 55.8 Å². The van der Waals surface area contributed by atoms with Crippen molar-refractivity contribution < 1.29 is 9.72 Å². The van der Waals surface area contributed by atoms with Gasteiger partial charge in [-0.3, -0.25) is 4.79 Å². The fourth-order valence-electron chi connectivity index (χ4n) is 2.77. The van der Waals surface area contributed by atoms with Gasteiger partial charge in [0.15, 0.2) is 0 Å². The lowest BCUT2D eigenvalue weighted by atomic mass is 9.89. The summed E-state index contributed by atoms with van der Waals surface area (Å²) < 4.78 is 1.26. The first-order chi connectivity index (χ1) is 11.2. The van der Waals surface area contributed by atoms with E-state index in [0.717, 1.165) is 5.56 Å². The molecule has 0 saturated carbocycles. The summed E-state index contributed by atoms with van der Waals surface area (Å²) in [5.41, 5.74) is 7.26. The Balaban J connectivity index is 2.08. The molecule has 0 spiro atoms. The highest BCUT2D eigenvalue weighted by Gasteiger charge is 2.15. The topological polar surface area (TPSA) is 90.1 Å². The van der Waals surface area contributed by atoms with E-state index in [1.54, 1.807) is 0 Å². The Morgan fingerprint density at radius 1 is 1.12 bits per heavy atom. The summed E-state index contributed by atoms with van der Waals surface area (Å²) in [5.74, 6) is -0.498. The first-order valence-electron chi connectivity index (χ1n) is 7.72. The van der Waals surface area contributed by atoms with Crippen LogP contribution in [0, 0.1) is 44.7 Å². The lowest BCUT2D eigenvalue weighted by molar-refractivity contribution is -0.389. The molecule has 0 fully saturated rings. The first kappa shape index (κ1) is 17.7. The molecule has 7 heteroatoms. The number of hydrogen-bond donors (Lipinski definition) is 1. The van der Waals surface area contributed by atoms with E-state index in [4.69, 9.17) is 0 Å². The molecule has 2 aromatic rings. The maximum Gasteiger partial charge on any atom is 0.389 e. The number of hydrogen-bond acceptors (Lipinski definition) is 4. The molecule has 0 aliphatic heterocycles. The number of nitrogens with zero attached hydrogens (tertiary/aromatic N) is 3. The Kier molecular flexibility index (Phi) is 5.02. The van der Waals surface area contributed by atoms with Crippen molar-refractivity contribution in [2.45, 2.75) is 47.7 Å². The van der Waals surface area contributed by atoms with E-state index in [0.29, 0.717) is 6.54 Å². The van der Waals surface area contributed by atoms with Crippen molar-refractivity contribution in [2.24, 2.45) is 0 Å². The molecule has 0 aliphatic carbocycles. The fraction of sp³-hybridized carbons (Fsp3) is 0.412. The number of rotatable bonds is 5. The average molecular weight is 330 g/mol. The molecule has 7 nitrogen and oxygen atoms in total. The number of amides is 1. The Morgan fingerprint density at radius 3 is 2.17 bits per heavy atom. The smallest absolute Gasteiger partial charge is 0.358 e. The summed E-state index contributed by atoms with van der Waals surface area (Å²) in [6.07, 6.45) is 1.42. The Morgan fingerprint density at radius 2 is 1.67 bits per heavy atom. The van der Waals surface area contributed by atoms with Crippen LogP contribution in [-0.4, -0.2) is 20.6 Å². The van der Waals surface area contributed by atoms with E-state index in [2.05, 4.69) is 45.0 Å². The van der Waals surface area contributed by atoms with Gasteiger partial charge >= 0.3 is 5.82 Å². The second kappa shape index (κ2) is 6.82. The Hall–Kier alpha value is -2.70. The van der Waals surface area contributed by atoms with Gasteiger partial charge in [0.2, 0.25) is 5.91 Å². The molecular weight excluding hydrogens is 308 g/mol. The molecule has 0 saturated heterocycles. The Bertz CT molecular complexity index is 779. The maximum absolute atomic E-state index is 12.1. The number of nitro groups is 1. The van der Waals surface area contributed by atoms with Crippen LogP contribution in [0.4, 0.5) is 5.82 Å². The highest BCUT2D eigenvalue weighted by atomic mass is 16.6. The molecule has 1 aromatic carbocycles. The van der Waals surface area contributed by atoms with Crippen molar-refractivity contribution in [3.63, 3.8) is 0 Å². The summed E-state index contributed by atoms with van der Waals surface area (Å²) in [5, 5.41) is 17.2. The number of aromatic nitrogens is 2. The lowest BCUT2D eigenvalue weighted by Gasteiger charge is -2.19.